The van der Waals surface area contributed by atoms with Crippen LogP contribution in [0.2, 0.25) is 0 Å². The van der Waals surface area contributed by atoms with Crippen molar-refractivity contribution in [3.8, 4) is 0 Å². The lowest BCUT2D eigenvalue weighted by molar-refractivity contribution is -0.393. The fourth-order valence-electron chi connectivity index (χ4n) is 20.0. The predicted octanol–water partition coefficient (Wildman–Crippen LogP) is -7.04. The van der Waals surface area contributed by atoms with Crippen LogP contribution in [0.25, 0.3) is 0 Å². The van der Waals surface area contributed by atoms with Gasteiger partial charge in [-0.3, -0.25) is 4.79 Å². The highest BCUT2D eigenvalue weighted by Gasteiger charge is 2.74. The van der Waals surface area contributed by atoms with Crippen LogP contribution in [0.15, 0.2) is 11.6 Å². The molecule has 0 amide bonds. The van der Waals surface area contributed by atoms with Crippen LogP contribution >= 0.6 is 0 Å². The van der Waals surface area contributed by atoms with Crippen molar-refractivity contribution in [3.05, 3.63) is 11.6 Å². The van der Waals surface area contributed by atoms with Gasteiger partial charge in [0.25, 0.3) is 0 Å². The zero-order chi connectivity index (χ0) is 75.0. The van der Waals surface area contributed by atoms with Crippen molar-refractivity contribution in [1.29, 1.82) is 0 Å². The SMILES string of the molecule is C[C@@H]1O[C@@H](O[C@@H]2[C@@H](O)[C@H](O[C@@H]3[C@@H](O[C@@H]4OC[C@@H](O)[C@H](O)[C@H]4O)[C@@H](O)[C@H](O[C@H]4[C@H](OC(=O)[C@]56CCC(C)(C)CC5C5=CCC7[C@@]8(C)C[C@H](O)[C@H](O[C@@H]9O[C@H](CO)[C@@H](O)[C@H](O[C@@H]%10OC[C@@H](O)[C@H](O)[C@H]%10O)[C@H]9O)[C@@](C)(CO)C8CC[C@@]7(C)[C@]5(C)C[C@H]6O)OC[C@H](O)[C@@H]4O)O[C@H]3C)OC[C@H]2O)[C@H](O)[C@H](O)[C@H]1O. The highest BCUT2D eigenvalue weighted by atomic mass is 16.8. The second-order valence-corrected chi connectivity index (χ2v) is 33.0. The van der Waals surface area contributed by atoms with Crippen LogP contribution in [0.3, 0.4) is 0 Å². The monoisotopic (exact) mass is 1490 g/mol. The molecule has 7 heterocycles. The Morgan fingerprint density at radius 2 is 0.961 bits per heavy atom. The van der Waals surface area contributed by atoms with Gasteiger partial charge in [0.2, 0.25) is 6.29 Å². The molecule has 0 radical (unpaired) electrons. The molecule has 12 aliphatic rings. The standard InChI is InChI=1S/C68H110O35/c1-24-37(77)42(82)45(85)58(94-24)98-50-32(75)22-92-57(46(50)86)97-49-25(2)95-59(48(88)52(49)100-56-44(84)39(79)30(73)20-91-56)101-53-40(80)31(74)21-93-61(53)103-62(89)68-14-13-63(3,4)15-27(68)26-9-10-35-64(5)16-28(71)54(65(6,23-70)34(64)11-12-66(35,7)67(26,8)17-36(68)76)102-60-47(87)51(41(81)33(18-69)96-60)99-55-43(83)38(78)29(72)19-90-55/h9,24-25,27-61,69-88H,10-23H2,1-8H3/t24-,25-,27?,28-,29+,30+,31-,32+,33+,34?,35?,36+,37-,38-,39-,40-,41+,42+,43+,44+,45+,46+,47+,48+,49-,50-,51-,52-,53+,54-,55-,56-,57-,58-,59-,60-,61-,64-,65-,66+,67+,68+/m0/s1. The third-order valence-electron chi connectivity index (χ3n) is 26.2. The van der Waals surface area contributed by atoms with Crippen LogP contribution in [-0.2, 0) is 71.1 Å². The van der Waals surface area contributed by atoms with Gasteiger partial charge in [0.05, 0.1) is 70.2 Å². The van der Waals surface area contributed by atoms with Gasteiger partial charge in [-0.15, -0.1) is 0 Å². The maximum atomic E-state index is 15.8. The number of esters is 1. The first-order valence-electron chi connectivity index (χ1n) is 36.1. The van der Waals surface area contributed by atoms with Gasteiger partial charge in [-0.1, -0.05) is 53.2 Å². The van der Waals surface area contributed by atoms with Gasteiger partial charge >= 0.3 is 5.97 Å². The molecule has 42 atom stereocenters. The fraction of sp³-hybridized carbons (Fsp3) is 0.956. The van der Waals surface area contributed by atoms with E-state index < -0.39 is 293 Å². The zero-order valence-electron chi connectivity index (χ0n) is 58.9. The van der Waals surface area contributed by atoms with E-state index in [0.29, 0.717) is 32.1 Å². The van der Waals surface area contributed by atoms with Gasteiger partial charge in [-0.2, -0.15) is 0 Å². The number of carbonyl (C=O) groups excluding carboxylic acids is 1. The number of carbonyl (C=O) groups is 1. The van der Waals surface area contributed by atoms with Gasteiger partial charge in [-0.25, -0.2) is 0 Å². The number of ether oxygens (including phenoxy) is 14. The fourth-order valence-corrected chi connectivity index (χ4v) is 20.0. The molecule has 35 heteroatoms. The van der Waals surface area contributed by atoms with Gasteiger partial charge < -0.3 is 168 Å². The summed E-state index contributed by atoms with van der Waals surface area (Å²) >= 11 is 0. The minimum Gasteiger partial charge on any atom is -0.432 e. The molecule has 592 valence electrons. The van der Waals surface area contributed by atoms with Crippen molar-refractivity contribution in [3.63, 3.8) is 0 Å². The molecule has 4 saturated carbocycles. The number of hydrogen-bond donors (Lipinski definition) is 20. The van der Waals surface area contributed by atoms with Crippen molar-refractivity contribution in [2.24, 2.45) is 50.2 Å². The van der Waals surface area contributed by atoms with Crippen LogP contribution in [-0.4, -0.2) is 357 Å². The Bertz CT molecular complexity index is 2940. The maximum absolute atomic E-state index is 15.8. The highest BCUT2D eigenvalue weighted by molar-refractivity contribution is 5.80. The van der Waals surface area contributed by atoms with Crippen molar-refractivity contribution >= 4 is 5.97 Å². The second-order valence-electron chi connectivity index (χ2n) is 33.0. The first-order chi connectivity index (χ1) is 48.3. The molecule has 7 aliphatic heterocycles. The van der Waals surface area contributed by atoms with Crippen LogP contribution in [0.5, 0.6) is 0 Å². The Balaban J connectivity index is 0.780. The van der Waals surface area contributed by atoms with Crippen molar-refractivity contribution in [1.82, 2.24) is 0 Å². The third-order valence-corrected chi connectivity index (χ3v) is 26.2. The number of hydrogen-bond acceptors (Lipinski definition) is 35. The minimum atomic E-state index is -2.11. The zero-order valence-corrected chi connectivity index (χ0v) is 58.9. The van der Waals surface area contributed by atoms with Gasteiger partial charge in [0.1, 0.15) is 134 Å². The lowest BCUT2D eigenvalue weighted by atomic mass is 9.33. The third kappa shape index (κ3) is 13.9. The molecule has 0 spiro atoms. The molecule has 11 fully saturated rings. The van der Waals surface area contributed by atoms with Crippen LogP contribution in [0.4, 0.5) is 0 Å². The maximum Gasteiger partial charge on any atom is 0.317 e. The van der Waals surface area contributed by atoms with Gasteiger partial charge in [0, 0.05) is 5.41 Å². The van der Waals surface area contributed by atoms with E-state index in [-0.39, 0.29) is 31.1 Å². The Morgan fingerprint density at radius 1 is 0.456 bits per heavy atom. The minimum absolute atomic E-state index is 0.0428. The predicted molar refractivity (Wildman–Crippen MR) is 338 cm³/mol. The van der Waals surface area contributed by atoms with Crippen molar-refractivity contribution < 1.29 is 173 Å². The molecule has 0 bridgehead atoms. The van der Waals surface area contributed by atoms with E-state index in [1.54, 1.807) is 6.92 Å². The molecule has 12 rings (SSSR count). The highest BCUT2D eigenvalue weighted by Crippen LogP contribution is 2.76. The first-order valence-corrected chi connectivity index (χ1v) is 36.1. The molecule has 20 N–H and O–H groups in total. The quantitative estimate of drug-likeness (QED) is 0.0388. The summed E-state index contributed by atoms with van der Waals surface area (Å²) < 4.78 is 83.6. The number of rotatable bonds is 16. The van der Waals surface area contributed by atoms with E-state index in [9.17, 15) is 102 Å². The molecule has 5 aliphatic carbocycles. The summed E-state index contributed by atoms with van der Waals surface area (Å²) in [7, 11) is 0. The molecule has 0 aromatic heterocycles. The average Bonchev–Trinajstić information content (AvgIpc) is 0.669. The molecular weight excluding hydrogens is 1380 g/mol. The van der Waals surface area contributed by atoms with Crippen molar-refractivity contribution in [2.75, 3.05) is 39.6 Å². The first kappa shape index (κ1) is 80.4. The Morgan fingerprint density at radius 3 is 1.58 bits per heavy atom. The summed E-state index contributed by atoms with van der Waals surface area (Å²) in [4.78, 5) is 15.8. The smallest absolute Gasteiger partial charge is 0.317 e. The van der Waals surface area contributed by atoms with Crippen LogP contribution < -0.4 is 0 Å². The summed E-state index contributed by atoms with van der Waals surface area (Å²) in [6.45, 7) is 11.5. The van der Waals surface area contributed by atoms with Crippen LogP contribution in [0, 0.1) is 50.2 Å². The summed E-state index contributed by atoms with van der Waals surface area (Å²) in [5.74, 6) is -2.22. The lowest BCUT2D eigenvalue weighted by Crippen LogP contribution is -2.71. The number of allylic oxidation sites excluding steroid dienone is 2. The molecule has 0 aromatic rings. The normalized spacial score (nSPS) is 56.0. The molecule has 0 aromatic carbocycles. The molecule has 103 heavy (non-hydrogen) atoms. The number of aliphatic hydroxyl groups is 20. The molecular formula is C68H110O35. The average molecular weight is 1490 g/mol. The number of fused-ring (bicyclic) bond motifs is 7. The van der Waals surface area contributed by atoms with E-state index >= 15 is 4.79 Å². The van der Waals surface area contributed by atoms with E-state index in [4.69, 9.17) is 66.3 Å². The van der Waals surface area contributed by atoms with E-state index in [1.165, 1.54) is 13.8 Å². The number of aliphatic hydroxyl groups excluding tert-OH is 20. The van der Waals surface area contributed by atoms with Crippen LogP contribution in [0.1, 0.15) is 107 Å². The van der Waals surface area contributed by atoms with E-state index in [0.717, 1.165) is 5.57 Å². The van der Waals surface area contributed by atoms with Gasteiger partial charge in [0.15, 0.2) is 43.8 Å². The Kier molecular flexibility index (Phi) is 23.6. The summed E-state index contributed by atoms with van der Waals surface area (Å²) in [5, 5.41) is 224. The van der Waals surface area contributed by atoms with Gasteiger partial charge in [-0.05, 0) is 105 Å². The summed E-state index contributed by atoms with van der Waals surface area (Å²) in [6, 6.07) is 0. The molecule has 3 unspecified atom stereocenters. The largest absolute Gasteiger partial charge is 0.432 e. The van der Waals surface area contributed by atoms with Crippen molar-refractivity contribution in [2.45, 2.75) is 316 Å². The Hall–Kier alpha value is -2.11. The van der Waals surface area contributed by atoms with E-state index in [1.807, 2.05) is 0 Å². The summed E-state index contributed by atoms with van der Waals surface area (Å²) in [6.07, 6.45) is -52.6. The molecule has 7 saturated heterocycles. The molecule has 35 nitrogen and oxygen atoms in total. The second kappa shape index (κ2) is 30.2. The van der Waals surface area contributed by atoms with E-state index in [2.05, 4.69) is 40.7 Å². The lowest BCUT2D eigenvalue weighted by Gasteiger charge is -2.72. The summed E-state index contributed by atoms with van der Waals surface area (Å²) in [5.41, 5.74) is -4.68. The Labute approximate surface area is 594 Å². The topological polar surface area (TPSA) is 551 Å².